The molecule has 5 atom stereocenters. The molecule has 0 radical (unpaired) electrons. The maximum absolute atomic E-state index is 14.4. The number of rotatable bonds is 7. The van der Waals surface area contributed by atoms with Gasteiger partial charge in [0.05, 0.1) is 31.3 Å². The average Bonchev–Trinajstić information content (AvgIpc) is 3.47. The van der Waals surface area contributed by atoms with Crippen LogP contribution in [0.5, 0.6) is 5.75 Å². The van der Waals surface area contributed by atoms with Crippen LogP contribution in [0.15, 0.2) is 12.1 Å². The van der Waals surface area contributed by atoms with Gasteiger partial charge in [-0.1, -0.05) is 19.9 Å². The molecule has 0 spiro atoms. The molecule has 3 saturated carbocycles. The summed E-state index contributed by atoms with van der Waals surface area (Å²) in [7, 11) is -0.329. The number of ether oxygens (including phenoxy) is 3. The molecule has 2 amide bonds. The molecule has 0 unspecified atom stereocenters. The summed E-state index contributed by atoms with van der Waals surface area (Å²) < 4.78 is 59.3. The van der Waals surface area contributed by atoms with Crippen molar-refractivity contribution in [3.63, 3.8) is 0 Å². The summed E-state index contributed by atoms with van der Waals surface area (Å²) in [4.78, 5) is 41.9. The van der Waals surface area contributed by atoms with Gasteiger partial charge < -0.3 is 28.4 Å². The van der Waals surface area contributed by atoms with Crippen molar-refractivity contribution in [3.05, 3.63) is 28.8 Å². The standard InChI is InChI=1S/C37H53BF2N2O8.H2S/c1-21-22(13-14-38-49-28-16-23-15-27(35(23,8)9)36(28,10)50-38)11-12-26(29(21)31(44)47-33(2,3)4)46-24-18-41(19-24)30(43)25-17-37(39,40)20-42(25)32(45)48-34(5,6)7;/h11-12,23-25,27-28H,13-20H2,1-10H3;1H2/t23-,25-,27-,28+,36-;/m0./s1. The van der Waals surface area contributed by atoms with E-state index in [0.717, 1.165) is 22.4 Å². The highest BCUT2D eigenvalue weighted by Gasteiger charge is 2.67. The Balaban J connectivity index is 0.00000504. The highest BCUT2D eigenvalue weighted by molar-refractivity contribution is 7.59. The third kappa shape index (κ3) is 7.74. The fourth-order valence-electron chi connectivity index (χ4n) is 8.66. The fraction of sp³-hybridized carbons (Fsp3) is 0.757. The van der Waals surface area contributed by atoms with E-state index in [9.17, 15) is 23.2 Å². The van der Waals surface area contributed by atoms with Crippen LogP contribution < -0.4 is 4.74 Å². The van der Waals surface area contributed by atoms with Crippen LogP contribution in [0.25, 0.3) is 0 Å². The van der Waals surface area contributed by atoms with Crippen LogP contribution in [0.2, 0.25) is 6.32 Å². The molecule has 1 aromatic carbocycles. The summed E-state index contributed by atoms with van der Waals surface area (Å²) in [5.74, 6) is -2.84. The van der Waals surface area contributed by atoms with Crippen LogP contribution in [-0.4, -0.2) is 95.5 Å². The van der Waals surface area contributed by atoms with Crippen molar-refractivity contribution >= 4 is 38.6 Å². The first kappa shape index (κ1) is 39.6. The molecule has 3 aliphatic heterocycles. The molecular formula is C37H55BF2N2O8S. The second kappa shape index (κ2) is 13.4. The van der Waals surface area contributed by atoms with Gasteiger partial charge in [-0.3, -0.25) is 9.69 Å². The summed E-state index contributed by atoms with van der Waals surface area (Å²) >= 11 is 0. The van der Waals surface area contributed by atoms with Gasteiger partial charge >= 0.3 is 19.2 Å². The van der Waals surface area contributed by atoms with E-state index in [0.29, 0.717) is 35.9 Å². The molecule has 7 rings (SSSR count). The Labute approximate surface area is 308 Å². The van der Waals surface area contributed by atoms with Gasteiger partial charge in [-0.15, -0.1) is 0 Å². The minimum atomic E-state index is -3.21. The number of alkyl halides is 2. The molecule has 10 nitrogen and oxygen atoms in total. The number of halogens is 2. The van der Waals surface area contributed by atoms with E-state index in [1.54, 1.807) is 47.6 Å². The molecule has 0 aromatic heterocycles. The topological polar surface area (TPSA) is 104 Å². The molecule has 2 bridgehead atoms. The van der Waals surface area contributed by atoms with Crippen molar-refractivity contribution in [2.45, 2.75) is 142 Å². The van der Waals surface area contributed by atoms with E-state index in [4.69, 9.17) is 23.5 Å². The van der Waals surface area contributed by atoms with Crippen molar-refractivity contribution in [2.75, 3.05) is 19.6 Å². The van der Waals surface area contributed by atoms with Gasteiger partial charge in [0.15, 0.2) is 0 Å². The number of amides is 2. The number of hydrogen-bond acceptors (Lipinski definition) is 8. The van der Waals surface area contributed by atoms with E-state index in [-0.39, 0.29) is 50.8 Å². The number of carbonyl (C=O) groups excluding carboxylic acids is 3. The lowest BCUT2D eigenvalue weighted by Crippen LogP contribution is -2.65. The summed E-state index contributed by atoms with van der Waals surface area (Å²) in [6.45, 7) is 18.4. The molecule has 51 heavy (non-hydrogen) atoms. The monoisotopic (exact) mass is 736 g/mol. The molecule has 3 heterocycles. The summed E-state index contributed by atoms with van der Waals surface area (Å²) in [6, 6.07) is 2.35. The molecule has 0 N–H and O–H groups in total. The number of aryl methyl sites for hydroxylation is 1. The molecule has 3 saturated heterocycles. The third-order valence-electron chi connectivity index (χ3n) is 11.4. The number of likely N-dealkylation sites (tertiary alicyclic amines) is 2. The first-order chi connectivity index (χ1) is 23.0. The van der Waals surface area contributed by atoms with Gasteiger partial charge in [0, 0.05) is 6.42 Å². The van der Waals surface area contributed by atoms with Gasteiger partial charge in [-0.25, -0.2) is 18.4 Å². The Morgan fingerprint density at radius 3 is 2.25 bits per heavy atom. The van der Waals surface area contributed by atoms with Gasteiger partial charge in [0.2, 0.25) is 5.91 Å². The number of hydrogen-bond donors (Lipinski definition) is 0. The molecule has 3 aliphatic carbocycles. The Morgan fingerprint density at radius 1 is 1.00 bits per heavy atom. The first-order valence-electron chi connectivity index (χ1n) is 18.0. The Kier molecular flexibility index (Phi) is 10.4. The number of nitrogens with zero attached hydrogens (tertiary/aromatic N) is 2. The Bertz CT molecular complexity index is 1540. The SMILES string of the molecule is Cc1c(CCB2O[C@@H]3C[C@@H]4C[C@@H](C4(C)C)[C@]3(C)O2)ccc(OC2CN(C(=O)[C@@H]3CC(F)(F)CN3C(=O)OC(C)(C)C)C2)c1C(=O)OC(C)(C)C.S. The van der Waals surface area contributed by atoms with Gasteiger partial charge in [-0.2, -0.15) is 13.5 Å². The Morgan fingerprint density at radius 2 is 1.65 bits per heavy atom. The predicted octanol–water partition coefficient (Wildman–Crippen LogP) is 6.57. The normalized spacial score (nSPS) is 29.4. The van der Waals surface area contributed by atoms with E-state index < -0.39 is 60.2 Å². The highest BCUT2D eigenvalue weighted by Crippen LogP contribution is 2.65. The lowest BCUT2D eigenvalue weighted by atomic mass is 9.43. The quantitative estimate of drug-likeness (QED) is 0.229. The lowest BCUT2D eigenvalue weighted by molar-refractivity contribution is -0.199. The maximum atomic E-state index is 14.4. The summed E-state index contributed by atoms with van der Waals surface area (Å²) in [6.07, 6.45) is 1.36. The van der Waals surface area contributed by atoms with E-state index in [2.05, 4.69) is 20.8 Å². The van der Waals surface area contributed by atoms with Crippen molar-refractivity contribution in [3.8, 4) is 5.75 Å². The number of benzene rings is 1. The third-order valence-corrected chi connectivity index (χ3v) is 11.4. The molecule has 14 heteroatoms. The molecule has 6 aliphatic rings. The molecular weight excluding hydrogens is 681 g/mol. The van der Waals surface area contributed by atoms with Crippen LogP contribution >= 0.6 is 13.5 Å². The molecule has 1 aromatic rings. The summed E-state index contributed by atoms with van der Waals surface area (Å²) in [5.41, 5.74) is 0.317. The van der Waals surface area contributed by atoms with Crippen LogP contribution in [-0.2, 0) is 30.0 Å². The maximum Gasteiger partial charge on any atom is 0.457 e. The van der Waals surface area contributed by atoms with Crippen molar-refractivity contribution in [2.24, 2.45) is 17.3 Å². The fourth-order valence-corrected chi connectivity index (χ4v) is 8.66. The van der Waals surface area contributed by atoms with Crippen molar-refractivity contribution in [1.82, 2.24) is 9.80 Å². The summed E-state index contributed by atoms with van der Waals surface area (Å²) in [5, 5.41) is 0. The smallest absolute Gasteiger partial charge is 0.457 e. The largest absolute Gasteiger partial charge is 0.486 e. The second-order valence-corrected chi connectivity index (χ2v) is 17.8. The van der Waals surface area contributed by atoms with Gasteiger partial charge in [-0.05, 0) is 115 Å². The average molecular weight is 737 g/mol. The van der Waals surface area contributed by atoms with Gasteiger partial charge in [0.1, 0.15) is 34.7 Å². The molecule has 6 fully saturated rings. The van der Waals surface area contributed by atoms with Gasteiger partial charge in [0.25, 0.3) is 5.92 Å². The van der Waals surface area contributed by atoms with Crippen molar-refractivity contribution in [1.29, 1.82) is 0 Å². The Hall–Kier alpha value is -2.58. The molecule has 284 valence electrons. The first-order valence-corrected chi connectivity index (χ1v) is 18.0. The minimum Gasteiger partial charge on any atom is -0.486 e. The highest BCUT2D eigenvalue weighted by atomic mass is 32.1. The minimum absolute atomic E-state index is 0. The zero-order chi connectivity index (χ0) is 36.8. The van der Waals surface area contributed by atoms with Crippen molar-refractivity contribution < 1.29 is 46.7 Å². The van der Waals surface area contributed by atoms with Crippen LogP contribution in [0.4, 0.5) is 13.6 Å². The zero-order valence-corrected chi connectivity index (χ0v) is 32.7. The van der Waals surface area contributed by atoms with Crippen LogP contribution in [0, 0.1) is 24.2 Å². The van der Waals surface area contributed by atoms with Crippen LogP contribution in [0.1, 0.15) is 103 Å². The van der Waals surface area contributed by atoms with E-state index in [1.165, 1.54) is 11.3 Å². The predicted molar refractivity (Wildman–Crippen MR) is 193 cm³/mol. The van der Waals surface area contributed by atoms with Crippen LogP contribution in [0.3, 0.4) is 0 Å². The second-order valence-electron chi connectivity index (χ2n) is 17.8. The van der Waals surface area contributed by atoms with E-state index >= 15 is 0 Å². The lowest BCUT2D eigenvalue weighted by Gasteiger charge is -2.64. The number of carbonyl (C=O) groups is 3. The van der Waals surface area contributed by atoms with E-state index in [1.807, 2.05) is 13.0 Å². The zero-order valence-electron chi connectivity index (χ0n) is 31.7. The number of esters is 1.